The molecule has 0 unspecified atom stereocenters. The van der Waals surface area contributed by atoms with Gasteiger partial charge in [-0.05, 0) is 12.1 Å². The van der Waals surface area contributed by atoms with Crippen molar-refractivity contribution in [2.75, 3.05) is 14.1 Å². The van der Waals surface area contributed by atoms with Gasteiger partial charge in [0.05, 0.1) is 5.70 Å². The van der Waals surface area contributed by atoms with E-state index in [-0.39, 0.29) is 5.75 Å². The van der Waals surface area contributed by atoms with Crippen molar-refractivity contribution in [2.45, 2.75) is 6.36 Å². The average molecular weight is 261 g/mol. The lowest BCUT2D eigenvalue weighted by molar-refractivity contribution is -0.274. The highest BCUT2D eigenvalue weighted by atomic mass is 19.4. The number of halogens is 3. The molecular formula is C11H14F3N3O. The Morgan fingerprint density at radius 1 is 1.28 bits per heavy atom. The number of rotatable bonds is 5. The molecule has 3 N–H and O–H groups in total. The van der Waals surface area contributed by atoms with E-state index in [9.17, 15) is 13.2 Å². The summed E-state index contributed by atoms with van der Waals surface area (Å²) in [6.45, 7) is 0. The Morgan fingerprint density at radius 3 is 2.56 bits per heavy atom. The second kappa shape index (κ2) is 6.15. The van der Waals surface area contributed by atoms with Gasteiger partial charge in [0, 0.05) is 25.9 Å². The van der Waals surface area contributed by atoms with E-state index in [4.69, 9.17) is 0 Å². The summed E-state index contributed by atoms with van der Waals surface area (Å²) in [5.41, 5.74) is 6.65. The van der Waals surface area contributed by atoms with Gasteiger partial charge in [-0.25, -0.2) is 5.43 Å². The van der Waals surface area contributed by atoms with Gasteiger partial charge in [0.1, 0.15) is 5.75 Å². The average Bonchev–Trinajstić information content (AvgIpc) is 2.27. The third-order valence-electron chi connectivity index (χ3n) is 1.93. The van der Waals surface area contributed by atoms with Crippen LogP contribution in [0.5, 0.6) is 5.75 Å². The van der Waals surface area contributed by atoms with Gasteiger partial charge >= 0.3 is 6.36 Å². The van der Waals surface area contributed by atoms with Crippen LogP contribution in [0, 0.1) is 0 Å². The molecule has 0 heterocycles. The number of hydrazine groups is 1. The third kappa shape index (κ3) is 4.54. The van der Waals surface area contributed by atoms with E-state index in [2.05, 4.69) is 20.9 Å². The van der Waals surface area contributed by atoms with Crippen LogP contribution in [0.2, 0.25) is 0 Å². The lowest BCUT2D eigenvalue weighted by Gasteiger charge is -2.13. The van der Waals surface area contributed by atoms with Crippen LogP contribution in [-0.4, -0.2) is 20.5 Å². The smallest absolute Gasteiger partial charge is 0.406 e. The summed E-state index contributed by atoms with van der Waals surface area (Å²) in [4.78, 5) is 0. The lowest BCUT2D eigenvalue weighted by Crippen LogP contribution is -2.26. The number of alkyl halides is 3. The molecule has 0 spiro atoms. The number of nitrogens with one attached hydrogen (secondary N) is 3. The van der Waals surface area contributed by atoms with Crippen LogP contribution in [0.1, 0.15) is 5.56 Å². The molecule has 0 radical (unpaired) electrons. The van der Waals surface area contributed by atoms with Crippen LogP contribution >= 0.6 is 0 Å². The van der Waals surface area contributed by atoms with E-state index in [1.165, 1.54) is 18.2 Å². The summed E-state index contributed by atoms with van der Waals surface area (Å²) < 4.78 is 40.1. The molecule has 0 bridgehead atoms. The summed E-state index contributed by atoms with van der Waals surface area (Å²) in [5, 5.41) is 2.79. The molecule has 1 rings (SSSR count). The van der Waals surface area contributed by atoms with E-state index in [1.807, 2.05) is 0 Å². The molecule has 4 nitrogen and oxygen atoms in total. The fourth-order valence-corrected chi connectivity index (χ4v) is 1.33. The van der Waals surface area contributed by atoms with Crippen molar-refractivity contribution >= 4 is 5.70 Å². The summed E-state index contributed by atoms with van der Waals surface area (Å²) in [6.07, 6.45) is -3.08. The van der Waals surface area contributed by atoms with Gasteiger partial charge < -0.3 is 15.5 Å². The minimum absolute atomic E-state index is 0.264. The predicted molar refractivity (Wildman–Crippen MR) is 62.4 cm³/mol. The van der Waals surface area contributed by atoms with Gasteiger partial charge in [0.25, 0.3) is 0 Å². The van der Waals surface area contributed by atoms with E-state index in [1.54, 1.807) is 26.4 Å². The molecular weight excluding hydrogens is 247 g/mol. The molecule has 0 saturated carbocycles. The molecule has 0 aliphatic heterocycles. The summed E-state index contributed by atoms with van der Waals surface area (Å²) in [6, 6.07) is 5.68. The van der Waals surface area contributed by atoms with E-state index < -0.39 is 6.36 Å². The van der Waals surface area contributed by atoms with E-state index in [0.29, 0.717) is 11.3 Å². The minimum atomic E-state index is -4.69. The van der Waals surface area contributed by atoms with Crippen LogP contribution in [-0.2, 0) is 0 Å². The van der Waals surface area contributed by atoms with Gasteiger partial charge in [-0.15, -0.1) is 13.2 Å². The summed E-state index contributed by atoms with van der Waals surface area (Å²) in [7, 11) is 3.34. The number of ether oxygens (including phenoxy) is 1. The first-order valence-electron chi connectivity index (χ1n) is 5.12. The zero-order valence-corrected chi connectivity index (χ0v) is 9.93. The molecule has 18 heavy (non-hydrogen) atoms. The molecule has 0 amide bonds. The van der Waals surface area contributed by atoms with Gasteiger partial charge in [0.15, 0.2) is 0 Å². The Labute approximate surface area is 103 Å². The zero-order chi connectivity index (χ0) is 13.6. The van der Waals surface area contributed by atoms with Crippen molar-refractivity contribution in [1.29, 1.82) is 0 Å². The van der Waals surface area contributed by atoms with Crippen molar-refractivity contribution in [1.82, 2.24) is 16.2 Å². The molecule has 1 aromatic carbocycles. The zero-order valence-electron chi connectivity index (χ0n) is 9.93. The number of benzene rings is 1. The monoisotopic (exact) mass is 261 g/mol. The maximum Gasteiger partial charge on any atom is 0.573 e. The Bertz CT molecular complexity index is 418. The van der Waals surface area contributed by atoms with Gasteiger partial charge in [-0.3, -0.25) is 0 Å². The van der Waals surface area contributed by atoms with Gasteiger partial charge in [0.2, 0.25) is 0 Å². The summed E-state index contributed by atoms with van der Waals surface area (Å²) >= 11 is 0. The van der Waals surface area contributed by atoms with E-state index in [0.717, 1.165) is 0 Å². The molecule has 0 atom stereocenters. The van der Waals surface area contributed by atoms with Crippen LogP contribution in [0.4, 0.5) is 13.2 Å². The Hall–Kier alpha value is -1.89. The molecule has 1 aromatic rings. The highest BCUT2D eigenvalue weighted by Gasteiger charge is 2.31. The fourth-order valence-electron chi connectivity index (χ4n) is 1.33. The molecule has 7 heteroatoms. The standard InChI is InChI=1S/C11H14F3N3O/c1-15-7-10(17-16-2)8-4-3-5-9(6-8)18-11(12,13)14/h3-7,15-17H,1-2H3/b10-7-. The second-order valence-corrected chi connectivity index (χ2v) is 3.30. The second-order valence-electron chi connectivity index (χ2n) is 3.30. The highest BCUT2D eigenvalue weighted by molar-refractivity contribution is 5.64. The first-order valence-corrected chi connectivity index (χ1v) is 5.12. The maximum absolute atomic E-state index is 12.1. The van der Waals surface area contributed by atoms with E-state index >= 15 is 0 Å². The van der Waals surface area contributed by atoms with Crippen molar-refractivity contribution < 1.29 is 17.9 Å². The predicted octanol–water partition coefficient (Wildman–Crippen LogP) is 1.83. The first kappa shape index (κ1) is 14.2. The van der Waals surface area contributed by atoms with Crippen molar-refractivity contribution in [3.63, 3.8) is 0 Å². The number of hydrogen-bond acceptors (Lipinski definition) is 4. The maximum atomic E-state index is 12.1. The minimum Gasteiger partial charge on any atom is -0.406 e. The quantitative estimate of drug-likeness (QED) is 0.708. The molecule has 0 aromatic heterocycles. The first-order chi connectivity index (χ1) is 8.46. The normalized spacial score (nSPS) is 12.2. The van der Waals surface area contributed by atoms with Crippen molar-refractivity contribution in [2.24, 2.45) is 0 Å². The van der Waals surface area contributed by atoms with Gasteiger partial charge in [-0.2, -0.15) is 0 Å². The largest absolute Gasteiger partial charge is 0.573 e. The summed E-state index contributed by atoms with van der Waals surface area (Å²) in [5.74, 6) is -0.264. The SMILES string of the molecule is CN/C=C(\NNC)c1cccc(OC(F)(F)F)c1. The highest BCUT2D eigenvalue weighted by Crippen LogP contribution is 2.24. The molecule has 0 aliphatic rings. The molecule has 0 fully saturated rings. The van der Waals surface area contributed by atoms with Crippen LogP contribution in [0.25, 0.3) is 5.70 Å². The fraction of sp³-hybridized carbons (Fsp3) is 0.273. The Morgan fingerprint density at radius 2 is 2.00 bits per heavy atom. The van der Waals surface area contributed by atoms with Crippen molar-refractivity contribution in [3.05, 3.63) is 36.0 Å². The van der Waals surface area contributed by atoms with Crippen molar-refractivity contribution in [3.8, 4) is 5.75 Å². The molecule has 0 aliphatic carbocycles. The Balaban J connectivity index is 2.96. The topological polar surface area (TPSA) is 45.3 Å². The molecule has 0 saturated heterocycles. The number of hydrogen-bond donors (Lipinski definition) is 3. The van der Waals surface area contributed by atoms with Gasteiger partial charge in [-0.1, -0.05) is 12.1 Å². The molecule has 100 valence electrons. The van der Waals surface area contributed by atoms with Crippen LogP contribution in [0.3, 0.4) is 0 Å². The van der Waals surface area contributed by atoms with Crippen LogP contribution in [0.15, 0.2) is 30.5 Å². The third-order valence-corrected chi connectivity index (χ3v) is 1.93. The van der Waals surface area contributed by atoms with Crippen LogP contribution < -0.4 is 20.9 Å². The Kier molecular flexibility index (Phi) is 4.85. The lowest BCUT2D eigenvalue weighted by atomic mass is 10.1.